The van der Waals surface area contributed by atoms with Crippen LogP contribution >= 0.6 is 22.7 Å². The molecule has 2 N–H and O–H groups in total. The Morgan fingerprint density at radius 2 is 2.05 bits per heavy atom. The highest BCUT2D eigenvalue weighted by molar-refractivity contribution is 7.91. The summed E-state index contributed by atoms with van der Waals surface area (Å²) in [4.78, 5) is 1.03. The van der Waals surface area contributed by atoms with Crippen molar-refractivity contribution in [3.8, 4) is 0 Å². The second kappa shape index (κ2) is 6.62. The summed E-state index contributed by atoms with van der Waals surface area (Å²) in [5, 5.41) is 7.05. The summed E-state index contributed by atoms with van der Waals surface area (Å²) in [5.74, 6) is 0. The summed E-state index contributed by atoms with van der Waals surface area (Å²) in [6, 6.07) is 5.43. The molecular weight excluding hydrogens is 300 g/mol. The summed E-state index contributed by atoms with van der Waals surface area (Å²) in [5.41, 5.74) is 0.984. The summed E-state index contributed by atoms with van der Waals surface area (Å²) in [6.07, 6.45) is 0. The van der Waals surface area contributed by atoms with Crippen molar-refractivity contribution in [3.05, 3.63) is 39.4 Å². The molecule has 19 heavy (non-hydrogen) atoms. The van der Waals surface area contributed by atoms with E-state index in [1.807, 2.05) is 29.8 Å². The topological polar surface area (TPSA) is 58.2 Å². The Balaban J connectivity index is 2.00. The van der Waals surface area contributed by atoms with Crippen molar-refractivity contribution < 1.29 is 8.42 Å². The number of rotatable bonds is 7. The molecule has 0 saturated carbocycles. The lowest BCUT2D eigenvalue weighted by atomic mass is 10.4. The zero-order valence-corrected chi connectivity index (χ0v) is 13.0. The largest absolute Gasteiger partial charge is 0.312 e. The van der Waals surface area contributed by atoms with Crippen LogP contribution in [0.2, 0.25) is 0 Å². The Morgan fingerprint density at radius 3 is 2.74 bits per heavy atom. The quantitative estimate of drug-likeness (QED) is 0.824. The van der Waals surface area contributed by atoms with E-state index in [-0.39, 0.29) is 0 Å². The molecule has 2 aromatic rings. The predicted octanol–water partition coefficient (Wildman–Crippen LogP) is 2.40. The highest BCUT2D eigenvalue weighted by Gasteiger charge is 2.16. The Hall–Kier alpha value is -0.730. The summed E-state index contributed by atoms with van der Waals surface area (Å²) in [7, 11) is -3.40. The van der Waals surface area contributed by atoms with Crippen molar-refractivity contribution in [1.82, 2.24) is 10.0 Å². The van der Waals surface area contributed by atoms with Gasteiger partial charge in [-0.05, 0) is 41.1 Å². The van der Waals surface area contributed by atoms with Crippen molar-refractivity contribution in [2.45, 2.75) is 24.2 Å². The van der Waals surface area contributed by atoms with Gasteiger partial charge >= 0.3 is 0 Å². The fourth-order valence-electron chi connectivity index (χ4n) is 1.49. The maximum absolute atomic E-state index is 12.1. The van der Waals surface area contributed by atoms with Gasteiger partial charge in [-0.25, -0.2) is 13.1 Å². The minimum Gasteiger partial charge on any atom is -0.312 e. The first-order chi connectivity index (χ1) is 9.12. The van der Waals surface area contributed by atoms with Gasteiger partial charge < -0.3 is 5.32 Å². The average Bonchev–Trinajstić information content (AvgIpc) is 3.05. The zero-order valence-electron chi connectivity index (χ0n) is 10.5. The van der Waals surface area contributed by atoms with Gasteiger partial charge in [-0.15, -0.1) is 11.3 Å². The van der Waals surface area contributed by atoms with Gasteiger partial charge in [-0.2, -0.15) is 11.3 Å². The van der Waals surface area contributed by atoms with Crippen LogP contribution in [-0.4, -0.2) is 15.0 Å². The molecule has 0 atom stereocenters. The fourth-order valence-corrected chi connectivity index (χ4v) is 4.54. The Kier molecular flexibility index (Phi) is 5.12. The highest BCUT2D eigenvalue weighted by Crippen LogP contribution is 2.21. The van der Waals surface area contributed by atoms with E-state index < -0.39 is 10.0 Å². The maximum atomic E-state index is 12.1. The van der Waals surface area contributed by atoms with E-state index >= 15 is 0 Å². The van der Waals surface area contributed by atoms with Gasteiger partial charge in [-0.1, -0.05) is 6.92 Å². The minimum absolute atomic E-state index is 0.340. The second-order valence-electron chi connectivity index (χ2n) is 3.96. The van der Waals surface area contributed by atoms with Crippen LogP contribution in [0.3, 0.4) is 0 Å². The molecule has 0 aromatic carbocycles. The van der Waals surface area contributed by atoms with Crippen LogP contribution in [-0.2, 0) is 23.1 Å². The van der Waals surface area contributed by atoms with Crippen molar-refractivity contribution in [2.75, 3.05) is 6.54 Å². The Bertz CT molecular complexity index is 603. The number of nitrogens with one attached hydrogen (secondary N) is 2. The van der Waals surface area contributed by atoms with E-state index in [0.717, 1.165) is 17.0 Å². The highest BCUT2D eigenvalue weighted by atomic mass is 32.2. The lowest BCUT2D eigenvalue weighted by Crippen LogP contribution is -2.22. The first-order valence-corrected chi connectivity index (χ1v) is 9.16. The first-order valence-electron chi connectivity index (χ1n) is 5.92. The van der Waals surface area contributed by atoms with E-state index in [0.29, 0.717) is 17.3 Å². The van der Waals surface area contributed by atoms with E-state index in [1.54, 1.807) is 17.4 Å². The molecule has 2 heterocycles. The molecule has 2 rings (SSSR count). The molecule has 0 aliphatic heterocycles. The molecule has 0 fully saturated rings. The van der Waals surface area contributed by atoms with Gasteiger partial charge in [0.2, 0.25) is 10.0 Å². The van der Waals surface area contributed by atoms with Crippen LogP contribution in [0, 0.1) is 0 Å². The molecule has 0 unspecified atom stereocenters. The Morgan fingerprint density at radius 1 is 1.21 bits per heavy atom. The van der Waals surface area contributed by atoms with Crippen LogP contribution < -0.4 is 10.0 Å². The van der Waals surface area contributed by atoms with Crippen LogP contribution in [0.15, 0.2) is 33.2 Å². The summed E-state index contributed by atoms with van der Waals surface area (Å²) < 4.78 is 27.2. The smallest absolute Gasteiger partial charge is 0.250 e. The first kappa shape index (κ1) is 14.7. The summed E-state index contributed by atoms with van der Waals surface area (Å²) >= 11 is 2.87. The third-order valence-corrected chi connectivity index (χ3v) is 6.21. The van der Waals surface area contributed by atoms with Crippen LogP contribution in [0.25, 0.3) is 0 Å². The summed E-state index contributed by atoms with van der Waals surface area (Å²) in [6.45, 7) is 3.94. The third kappa shape index (κ3) is 4.12. The van der Waals surface area contributed by atoms with Gasteiger partial charge in [0.05, 0.1) is 0 Å². The molecule has 0 bridgehead atoms. The molecular formula is C12H16N2O2S3. The molecule has 104 valence electrons. The van der Waals surface area contributed by atoms with Crippen molar-refractivity contribution in [1.29, 1.82) is 0 Å². The molecule has 0 radical (unpaired) electrons. The van der Waals surface area contributed by atoms with Gasteiger partial charge in [-0.3, -0.25) is 0 Å². The molecule has 0 aliphatic rings. The lowest BCUT2D eigenvalue weighted by Gasteiger charge is -2.03. The molecule has 7 heteroatoms. The lowest BCUT2D eigenvalue weighted by molar-refractivity contribution is 0.583. The van der Waals surface area contributed by atoms with Gasteiger partial charge in [0, 0.05) is 18.0 Å². The molecule has 2 aromatic heterocycles. The fraction of sp³-hybridized carbons (Fsp3) is 0.333. The molecule has 0 spiro atoms. The van der Waals surface area contributed by atoms with Crippen molar-refractivity contribution >= 4 is 32.7 Å². The minimum atomic E-state index is -3.40. The van der Waals surface area contributed by atoms with Gasteiger partial charge in [0.15, 0.2) is 0 Å². The number of hydrogen-bond donors (Lipinski definition) is 2. The zero-order chi connectivity index (χ0) is 13.7. The van der Waals surface area contributed by atoms with Crippen molar-refractivity contribution in [3.63, 3.8) is 0 Å². The van der Waals surface area contributed by atoms with Gasteiger partial charge in [0.1, 0.15) is 4.21 Å². The van der Waals surface area contributed by atoms with E-state index in [1.165, 1.54) is 11.3 Å². The molecule has 4 nitrogen and oxygen atoms in total. The Labute approximate surface area is 121 Å². The third-order valence-electron chi connectivity index (χ3n) is 2.50. The number of thiophene rings is 2. The van der Waals surface area contributed by atoms with E-state index in [9.17, 15) is 8.42 Å². The van der Waals surface area contributed by atoms with Gasteiger partial charge in [0.25, 0.3) is 0 Å². The van der Waals surface area contributed by atoms with Crippen LogP contribution in [0.5, 0.6) is 0 Å². The monoisotopic (exact) mass is 316 g/mol. The normalized spacial score (nSPS) is 11.8. The second-order valence-corrected chi connectivity index (χ2v) is 7.90. The van der Waals surface area contributed by atoms with E-state index in [2.05, 4.69) is 10.0 Å². The predicted molar refractivity (Wildman–Crippen MR) is 80.0 cm³/mol. The standard InChI is InChI=1S/C12H16N2O2S3/c1-2-13-8-11-3-4-12(18-11)19(15,16)14-7-10-5-6-17-9-10/h3-6,9,13-14H,2,7-8H2,1H3. The van der Waals surface area contributed by atoms with Crippen molar-refractivity contribution in [2.24, 2.45) is 0 Å². The number of hydrogen-bond acceptors (Lipinski definition) is 5. The average molecular weight is 316 g/mol. The molecule has 0 aliphatic carbocycles. The SMILES string of the molecule is CCNCc1ccc(S(=O)(=O)NCc2ccsc2)s1. The van der Waals surface area contributed by atoms with Crippen LogP contribution in [0.1, 0.15) is 17.4 Å². The van der Waals surface area contributed by atoms with Crippen LogP contribution in [0.4, 0.5) is 0 Å². The molecule has 0 amide bonds. The van der Waals surface area contributed by atoms with E-state index in [4.69, 9.17) is 0 Å². The number of sulfonamides is 1. The maximum Gasteiger partial charge on any atom is 0.250 e. The molecule has 0 saturated heterocycles.